The van der Waals surface area contributed by atoms with E-state index >= 15 is 0 Å². The van der Waals surface area contributed by atoms with Gasteiger partial charge in [0, 0.05) is 58.9 Å². The van der Waals surface area contributed by atoms with Crippen LogP contribution in [0.2, 0.25) is 0 Å². The molecule has 5 nitrogen and oxygen atoms in total. The van der Waals surface area contributed by atoms with Crippen molar-refractivity contribution >= 4 is 76.3 Å². The zero-order chi connectivity index (χ0) is 33.5. The number of hydrogen-bond donors (Lipinski definition) is 2. The smallest absolute Gasteiger partial charge is 0.142 e. The van der Waals surface area contributed by atoms with Gasteiger partial charge in [0.05, 0.1) is 0 Å². The highest BCUT2D eigenvalue weighted by atomic mass is 32.1. The standard InChI is InChI=1S/C45H31N3O2S/c1-2-10-26(11-3-1)43-46-44(28-20-22-31-30-12-5-7-19-39(30)51-40(31)25-28)48-45(47-43)34-16-8-15-32-35-24-27(21-23-37(35)50-42(32)34)29-14-9-18-38-41(29)33-13-4-6-17-36(33)49-38/h1-13,15-25,29,43,45,47H,14H2,(H,46,48). The van der Waals surface area contributed by atoms with E-state index in [0.717, 1.165) is 62.2 Å². The molecule has 0 spiro atoms. The minimum atomic E-state index is -0.243. The lowest BCUT2D eigenvalue weighted by atomic mass is 9.83. The van der Waals surface area contributed by atoms with E-state index in [-0.39, 0.29) is 18.2 Å². The van der Waals surface area contributed by atoms with E-state index in [9.17, 15) is 0 Å². The van der Waals surface area contributed by atoms with Gasteiger partial charge in [-0.2, -0.15) is 0 Å². The van der Waals surface area contributed by atoms with Gasteiger partial charge in [-0.25, -0.2) is 4.99 Å². The molecule has 1 aliphatic heterocycles. The van der Waals surface area contributed by atoms with Gasteiger partial charge in [-0.1, -0.05) is 109 Å². The van der Waals surface area contributed by atoms with Gasteiger partial charge in [-0.3, -0.25) is 5.32 Å². The molecule has 0 saturated carbocycles. The van der Waals surface area contributed by atoms with E-state index < -0.39 is 0 Å². The maximum Gasteiger partial charge on any atom is 0.142 e. The third kappa shape index (κ3) is 4.61. The minimum absolute atomic E-state index is 0.205. The first kappa shape index (κ1) is 28.8. The molecule has 3 unspecified atom stereocenters. The largest absolute Gasteiger partial charge is 0.456 e. The van der Waals surface area contributed by atoms with Gasteiger partial charge < -0.3 is 14.2 Å². The second kappa shape index (κ2) is 11.3. The lowest BCUT2D eigenvalue weighted by Gasteiger charge is -2.32. The minimum Gasteiger partial charge on any atom is -0.456 e. The zero-order valence-electron chi connectivity index (χ0n) is 27.5. The second-order valence-corrected chi connectivity index (χ2v) is 14.6. The van der Waals surface area contributed by atoms with E-state index in [4.69, 9.17) is 13.8 Å². The van der Waals surface area contributed by atoms with Crippen molar-refractivity contribution in [2.24, 2.45) is 4.99 Å². The molecule has 51 heavy (non-hydrogen) atoms. The Hall–Kier alpha value is -5.95. The number of benzene rings is 6. The van der Waals surface area contributed by atoms with E-state index in [1.165, 1.54) is 36.7 Å². The number of thiophene rings is 1. The van der Waals surface area contributed by atoms with Crippen molar-refractivity contribution in [3.05, 3.63) is 173 Å². The highest BCUT2D eigenvalue weighted by Gasteiger charge is 2.29. The van der Waals surface area contributed by atoms with Gasteiger partial charge in [-0.05, 0) is 54.0 Å². The molecular formula is C45H31N3O2S. The van der Waals surface area contributed by atoms with Crippen molar-refractivity contribution in [2.45, 2.75) is 24.7 Å². The molecule has 0 radical (unpaired) electrons. The first-order valence-electron chi connectivity index (χ1n) is 17.5. The second-order valence-electron chi connectivity index (χ2n) is 13.5. The number of para-hydroxylation sites is 2. The van der Waals surface area contributed by atoms with Crippen molar-refractivity contribution in [3.63, 3.8) is 0 Å². The molecule has 2 aliphatic rings. The van der Waals surface area contributed by atoms with Gasteiger partial charge in [0.1, 0.15) is 40.7 Å². The van der Waals surface area contributed by atoms with Gasteiger partial charge in [0.15, 0.2) is 0 Å². The molecule has 9 aromatic rings. The summed E-state index contributed by atoms with van der Waals surface area (Å²) in [6.07, 6.45) is 4.79. The maximum atomic E-state index is 6.73. The van der Waals surface area contributed by atoms with Crippen LogP contribution in [0.3, 0.4) is 0 Å². The predicted molar refractivity (Wildman–Crippen MR) is 209 cm³/mol. The zero-order valence-corrected chi connectivity index (χ0v) is 28.3. The normalized spacial score (nSPS) is 18.8. The lowest BCUT2D eigenvalue weighted by Crippen LogP contribution is -2.45. The van der Waals surface area contributed by atoms with Crippen LogP contribution in [0.5, 0.6) is 0 Å². The molecule has 1 aliphatic carbocycles. The third-order valence-corrected chi connectivity index (χ3v) is 11.7. The highest BCUT2D eigenvalue weighted by molar-refractivity contribution is 7.25. The van der Waals surface area contributed by atoms with Gasteiger partial charge >= 0.3 is 0 Å². The van der Waals surface area contributed by atoms with Crippen LogP contribution >= 0.6 is 11.3 Å². The molecule has 244 valence electrons. The van der Waals surface area contributed by atoms with Gasteiger partial charge in [-0.15, -0.1) is 11.3 Å². The molecule has 0 bridgehead atoms. The number of rotatable bonds is 4. The summed E-state index contributed by atoms with van der Waals surface area (Å²) in [6.45, 7) is 0. The van der Waals surface area contributed by atoms with E-state index in [1.807, 2.05) is 23.5 Å². The van der Waals surface area contributed by atoms with Crippen molar-refractivity contribution in [1.29, 1.82) is 0 Å². The van der Waals surface area contributed by atoms with E-state index in [2.05, 4.69) is 144 Å². The Balaban J connectivity index is 1.01. The number of nitrogens with zero attached hydrogens (tertiary/aromatic N) is 1. The average molecular weight is 678 g/mol. The third-order valence-electron chi connectivity index (χ3n) is 10.5. The summed E-state index contributed by atoms with van der Waals surface area (Å²) in [5.41, 5.74) is 8.44. The van der Waals surface area contributed by atoms with Crippen LogP contribution in [0.15, 0.2) is 153 Å². The van der Waals surface area contributed by atoms with E-state index in [0.29, 0.717) is 0 Å². The molecule has 0 fully saturated rings. The summed E-state index contributed by atoms with van der Waals surface area (Å²) in [7, 11) is 0. The number of furan rings is 2. The van der Waals surface area contributed by atoms with Gasteiger partial charge in [0.25, 0.3) is 0 Å². The summed E-state index contributed by atoms with van der Waals surface area (Å²) < 4.78 is 15.5. The predicted octanol–water partition coefficient (Wildman–Crippen LogP) is 11.6. The molecule has 4 heterocycles. The van der Waals surface area contributed by atoms with Crippen LogP contribution < -0.4 is 10.6 Å². The SMILES string of the molecule is C1=Cc2oc3ccccc3c2C(c2ccc3oc4c(C5NC(c6ccc7c(c6)sc6ccccc67)=NC(c6ccccc6)N5)cccc4c3c2)C1. The lowest BCUT2D eigenvalue weighted by molar-refractivity contribution is 0.408. The molecule has 11 rings (SSSR count). The fourth-order valence-electron chi connectivity index (χ4n) is 8.13. The van der Waals surface area contributed by atoms with Crippen molar-refractivity contribution < 1.29 is 8.83 Å². The average Bonchev–Trinajstić information content (AvgIpc) is 3.88. The summed E-state index contributed by atoms with van der Waals surface area (Å²) in [5.74, 6) is 2.02. The van der Waals surface area contributed by atoms with Crippen LogP contribution in [0.4, 0.5) is 0 Å². The Bertz CT molecular complexity index is 2880. The summed E-state index contributed by atoms with van der Waals surface area (Å²) in [5, 5.41) is 13.5. The molecule has 3 atom stereocenters. The van der Waals surface area contributed by atoms with Crippen molar-refractivity contribution in [3.8, 4) is 0 Å². The molecular weight excluding hydrogens is 647 g/mol. The summed E-state index contributed by atoms with van der Waals surface area (Å²) in [6, 6.07) is 47.3. The number of fused-ring (bicyclic) bond motifs is 9. The number of hydrogen-bond acceptors (Lipinski definition) is 6. The van der Waals surface area contributed by atoms with Crippen molar-refractivity contribution in [2.75, 3.05) is 0 Å². The van der Waals surface area contributed by atoms with Crippen LogP contribution in [0, 0.1) is 0 Å². The number of allylic oxidation sites excluding steroid dienone is 1. The summed E-state index contributed by atoms with van der Waals surface area (Å²) >= 11 is 1.82. The maximum absolute atomic E-state index is 6.73. The molecule has 0 amide bonds. The van der Waals surface area contributed by atoms with E-state index in [1.54, 1.807) is 0 Å². The molecule has 6 aromatic carbocycles. The highest BCUT2D eigenvalue weighted by Crippen LogP contribution is 2.44. The Labute approximate surface area is 297 Å². The fraction of sp³-hybridized carbons (Fsp3) is 0.0889. The van der Waals surface area contributed by atoms with Crippen LogP contribution in [-0.2, 0) is 0 Å². The van der Waals surface area contributed by atoms with Crippen LogP contribution in [0.25, 0.3) is 59.2 Å². The molecule has 3 aromatic heterocycles. The number of nitrogens with one attached hydrogen (secondary N) is 2. The van der Waals surface area contributed by atoms with Crippen LogP contribution in [0.1, 0.15) is 58.2 Å². The van der Waals surface area contributed by atoms with Crippen molar-refractivity contribution in [1.82, 2.24) is 10.6 Å². The molecule has 6 heteroatoms. The van der Waals surface area contributed by atoms with Gasteiger partial charge in [0.2, 0.25) is 0 Å². The van der Waals surface area contributed by atoms with Crippen LogP contribution in [-0.4, -0.2) is 5.84 Å². The number of amidine groups is 1. The topological polar surface area (TPSA) is 62.7 Å². The Morgan fingerprint density at radius 2 is 1.43 bits per heavy atom. The first-order valence-corrected chi connectivity index (χ1v) is 18.3. The fourth-order valence-corrected chi connectivity index (χ4v) is 9.27. The monoisotopic (exact) mass is 677 g/mol. The summed E-state index contributed by atoms with van der Waals surface area (Å²) in [4.78, 5) is 5.24. The Kier molecular flexibility index (Phi) is 6.38. The molecule has 2 N–H and O–H groups in total. The molecule has 0 saturated heterocycles. The Morgan fingerprint density at radius 3 is 2.37 bits per heavy atom. The number of aliphatic imine (C=N–C) groups is 1. The Morgan fingerprint density at radius 1 is 0.627 bits per heavy atom. The first-order chi connectivity index (χ1) is 25.2. The quantitative estimate of drug-likeness (QED) is 0.195.